The molecule has 0 bridgehead atoms. The maximum atomic E-state index is 12.3. The van der Waals surface area contributed by atoms with Crippen LogP contribution >= 0.6 is 27.5 Å². The van der Waals surface area contributed by atoms with Crippen molar-refractivity contribution >= 4 is 33.5 Å². The molecule has 0 unspecified atom stereocenters. The molecule has 0 amide bonds. The number of ether oxygens (including phenoxy) is 1. The smallest absolute Gasteiger partial charge is 0.396 e. The molecule has 0 aliphatic rings. The van der Waals surface area contributed by atoms with Crippen LogP contribution in [0.1, 0.15) is 5.56 Å². The van der Waals surface area contributed by atoms with Gasteiger partial charge in [0.05, 0.1) is 0 Å². The van der Waals surface area contributed by atoms with Gasteiger partial charge >= 0.3 is 10.8 Å². The van der Waals surface area contributed by atoms with Crippen molar-refractivity contribution < 1.29 is 18.3 Å². The Morgan fingerprint density at radius 3 is 2.40 bits per heavy atom. The minimum absolute atomic E-state index is 0.211. The van der Waals surface area contributed by atoms with Crippen molar-refractivity contribution in [2.45, 2.75) is 11.4 Å². The van der Waals surface area contributed by atoms with Crippen LogP contribution < -0.4 is 0 Å². The molecule has 2 nitrogen and oxygen atoms in total. The molecule has 1 rings (SSSR count). The average molecular weight is 299 g/mol. The zero-order valence-electron chi connectivity index (χ0n) is 7.34. The van der Waals surface area contributed by atoms with E-state index >= 15 is 0 Å². The molecule has 0 saturated carbocycles. The average Bonchev–Trinajstić information content (AvgIpc) is 2.15. The third-order valence-electron chi connectivity index (χ3n) is 1.51. The van der Waals surface area contributed by atoms with E-state index in [1.807, 2.05) is 15.9 Å². The van der Waals surface area contributed by atoms with Gasteiger partial charge in [-0.15, -0.1) is 0 Å². The highest BCUT2D eigenvalue weighted by atomic mass is 79.9. The number of rotatable bonds is 3. The normalized spacial score (nSPS) is 11.2. The zero-order chi connectivity index (χ0) is 11.5. The van der Waals surface area contributed by atoms with Crippen LogP contribution in [0.3, 0.4) is 0 Å². The molecule has 0 aliphatic heterocycles. The molecule has 15 heavy (non-hydrogen) atoms. The Bertz CT molecular complexity index is 348. The predicted octanol–water partition coefficient (Wildman–Crippen LogP) is 3.37. The Morgan fingerprint density at radius 1 is 1.40 bits per heavy atom. The van der Waals surface area contributed by atoms with Crippen molar-refractivity contribution in [3.63, 3.8) is 0 Å². The maximum absolute atomic E-state index is 12.3. The van der Waals surface area contributed by atoms with Crippen molar-refractivity contribution in [3.05, 3.63) is 34.9 Å². The third kappa shape index (κ3) is 4.13. The van der Waals surface area contributed by atoms with E-state index in [0.717, 1.165) is 0 Å². The van der Waals surface area contributed by atoms with Gasteiger partial charge < -0.3 is 4.74 Å². The summed E-state index contributed by atoms with van der Waals surface area (Å²) < 4.78 is 29.0. The summed E-state index contributed by atoms with van der Waals surface area (Å²) in [5.74, 6) is -1.61. The van der Waals surface area contributed by atoms with Gasteiger partial charge in [-0.3, -0.25) is 0 Å². The van der Waals surface area contributed by atoms with Gasteiger partial charge in [-0.05, 0) is 17.7 Å². The van der Waals surface area contributed by atoms with Gasteiger partial charge in [-0.1, -0.05) is 23.7 Å². The summed E-state index contributed by atoms with van der Waals surface area (Å²) in [4.78, 5) is 7.02. The fourth-order valence-electron chi connectivity index (χ4n) is 0.811. The van der Waals surface area contributed by atoms with Crippen molar-refractivity contribution in [3.8, 4) is 0 Å². The number of hydrogen-bond donors (Lipinski definition) is 0. The molecular weight excluding hydrogens is 293 g/mol. The van der Waals surface area contributed by atoms with E-state index in [0.29, 0.717) is 10.6 Å². The van der Waals surface area contributed by atoms with Crippen LogP contribution in [-0.2, 0) is 16.1 Å². The summed E-state index contributed by atoms with van der Waals surface area (Å²) in [7, 11) is 0. The predicted molar refractivity (Wildman–Crippen MR) is 55.1 cm³/mol. The number of carbonyl (C=O) groups is 1. The van der Waals surface area contributed by atoms with Gasteiger partial charge in [0.15, 0.2) is 0 Å². The second-order valence-electron chi connectivity index (χ2n) is 2.70. The lowest BCUT2D eigenvalue weighted by atomic mass is 10.2. The number of hydrogen-bond acceptors (Lipinski definition) is 2. The van der Waals surface area contributed by atoms with Crippen LogP contribution in [-0.4, -0.2) is 10.8 Å². The molecule has 0 aliphatic carbocycles. The van der Waals surface area contributed by atoms with Crippen LogP contribution in [0, 0.1) is 0 Å². The Labute approximate surface area is 98.3 Å². The molecule has 82 valence electrons. The SMILES string of the molecule is O=C(OCc1ccc(Cl)cc1)C(F)(F)Br. The second kappa shape index (κ2) is 4.90. The van der Waals surface area contributed by atoms with Gasteiger partial charge in [-0.2, -0.15) is 8.78 Å². The van der Waals surface area contributed by atoms with Crippen LogP contribution in [0.25, 0.3) is 0 Å². The van der Waals surface area contributed by atoms with E-state index in [9.17, 15) is 13.6 Å². The first-order chi connectivity index (χ1) is 6.89. The number of halogens is 4. The minimum atomic E-state index is -3.64. The fourth-order valence-corrected chi connectivity index (χ4v) is 1.05. The lowest BCUT2D eigenvalue weighted by Crippen LogP contribution is -2.23. The summed E-state index contributed by atoms with van der Waals surface area (Å²) in [5.41, 5.74) is 0.588. The monoisotopic (exact) mass is 298 g/mol. The molecular formula is C9H6BrClF2O2. The summed E-state index contributed by atoms with van der Waals surface area (Å²) in [6, 6.07) is 6.33. The summed E-state index contributed by atoms with van der Waals surface area (Å²) >= 11 is 7.51. The van der Waals surface area contributed by atoms with Gasteiger partial charge in [-0.25, -0.2) is 4.79 Å². The number of alkyl halides is 3. The van der Waals surface area contributed by atoms with Crippen molar-refractivity contribution in [2.75, 3.05) is 0 Å². The molecule has 6 heteroatoms. The second-order valence-corrected chi connectivity index (χ2v) is 4.13. The summed E-state index contributed by atoms with van der Waals surface area (Å²) in [6.07, 6.45) is 0. The first-order valence-corrected chi connectivity index (χ1v) is 5.05. The molecule has 0 N–H and O–H groups in total. The first kappa shape index (κ1) is 12.4. The van der Waals surface area contributed by atoms with Crippen molar-refractivity contribution in [2.24, 2.45) is 0 Å². The van der Waals surface area contributed by atoms with E-state index in [1.165, 1.54) is 0 Å². The molecule has 0 saturated heterocycles. The van der Waals surface area contributed by atoms with Crippen LogP contribution in [0.15, 0.2) is 24.3 Å². The Kier molecular flexibility index (Phi) is 4.04. The molecule has 0 aromatic heterocycles. The number of carbonyl (C=O) groups excluding carboxylic acids is 1. The topological polar surface area (TPSA) is 26.3 Å². The summed E-state index contributed by atoms with van der Waals surface area (Å²) in [6.45, 7) is -0.211. The molecule has 0 fully saturated rings. The number of benzene rings is 1. The lowest BCUT2D eigenvalue weighted by Gasteiger charge is -2.08. The fraction of sp³-hybridized carbons (Fsp3) is 0.222. The molecule has 0 spiro atoms. The van der Waals surface area contributed by atoms with Gasteiger partial charge in [0.1, 0.15) is 6.61 Å². The van der Waals surface area contributed by atoms with Gasteiger partial charge in [0.2, 0.25) is 0 Å². The Balaban J connectivity index is 2.51. The summed E-state index contributed by atoms with van der Waals surface area (Å²) in [5, 5.41) is 0.524. The van der Waals surface area contributed by atoms with Crippen molar-refractivity contribution in [1.29, 1.82) is 0 Å². The Morgan fingerprint density at radius 2 is 1.93 bits per heavy atom. The van der Waals surface area contributed by atoms with Crippen molar-refractivity contribution in [1.82, 2.24) is 0 Å². The molecule has 0 heterocycles. The molecule has 1 aromatic rings. The van der Waals surface area contributed by atoms with E-state index in [-0.39, 0.29) is 6.61 Å². The van der Waals surface area contributed by atoms with Gasteiger partial charge in [0.25, 0.3) is 0 Å². The minimum Gasteiger partial charge on any atom is -0.456 e. The third-order valence-corrected chi connectivity index (χ3v) is 2.09. The van der Waals surface area contributed by atoms with Gasteiger partial charge in [0, 0.05) is 21.0 Å². The quantitative estimate of drug-likeness (QED) is 0.632. The zero-order valence-corrected chi connectivity index (χ0v) is 9.69. The Hall–Kier alpha value is -0.680. The molecule has 1 aromatic carbocycles. The van der Waals surface area contributed by atoms with E-state index in [1.54, 1.807) is 24.3 Å². The van der Waals surface area contributed by atoms with E-state index in [2.05, 4.69) is 4.74 Å². The lowest BCUT2D eigenvalue weighted by molar-refractivity contribution is -0.160. The largest absolute Gasteiger partial charge is 0.456 e. The van der Waals surface area contributed by atoms with E-state index in [4.69, 9.17) is 11.6 Å². The molecule has 0 atom stereocenters. The highest BCUT2D eigenvalue weighted by Gasteiger charge is 2.36. The van der Waals surface area contributed by atoms with Crippen LogP contribution in [0.4, 0.5) is 8.78 Å². The first-order valence-electron chi connectivity index (χ1n) is 3.88. The van der Waals surface area contributed by atoms with Crippen LogP contribution in [0.2, 0.25) is 5.02 Å². The highest BCUT2D eigenvalue weighted by Crippen LogP contribution is 2.23. The van der Waals surface area contributed by atoms with E-state index < -0.39 is 10.8 Å². The number of esters is 1. The highest BCUT2D eigenvalue weighted by molar-refractivity contribution is 9.10. The maximum Gasteiger partial charge on any atom is 0.396 e. The molecule has 0 radical (unpaired) electrons. The standard InChI is InChI=1S/C9H6BrClF2O2/c10-9(12,13)8(14)15-5-6-1-3-7(11)4-2-6/h1-4H,5H2. The van der Waals surface area contributed by atoms with Crippen LogP contribution in [0.5, 0.6) is 0 Å².